The quantitative estimate of drug-likeness (QED) is 0.445. The minimum absolute atomic E-state index is 0.187. The van der Waals surface area contributed by atoms with Gasteiger partial charge in [-0.3, -0.25) is 4.79 Å². The summed E-state index contributed by atoms with van der Waals surface area (Å²) in [5, 5.41) is 0. The minimum Gasteiger partial charge on any atom is -0.339 e. The third-order valence-corrected chi connectivity index (χ3v) is 4.56. The zero-order valence-corrected chi connectivity index (χ0v) is 15.7. The van der Waals surface area contributed by atoms with Crippen LogP contribution in [0.25, 0.3) is 0 Å². The van der Waals surface area contributed by atoms with Crippen LogP contribution in [0.3, 0.4) is 0 Å². The van der Waals surface area contributed by atoms with E-state index >= 15 is 0 Å². The van der Waals surface area contributed by atoms with Gasteiger partial charge in [-0.05, 0) is 64.2 Å². The van der Waals surface area contributed by atoms with Gasteiger partial charge in [-0.25, -0.2) is 0 Å². The highest BCUT2D eigenvalue weighted by Crippen LogP contribution is 2.55. The molecule has 0 aliphatic heterocycles. The molecule has 0 bridgehead atoms. The molecule has 22 heavy (non-hydrogen) atoms. The Morgan fingerprint density at radius 2 is 1.86 bits per heavy atom. The molecule has 0 aromatic heterocycles. The van der Waals surface area contributed by atoms with Crippen molar-refractivity contribution < 1.29 is 4.79 Å². The van der Waals surface area contributed by atoms with Gasteiger partial charge in [-0.2, -0.15) is 0 Å². The molecule has 0 N–H and O–H groups in total. The van der Waals surface area contributed by atoms with E-state index in [-0.39, 0.29) is 5.91 Å². The maximum atomic E-state index is 12.4. The number of hydrogen-bond donors (Lipinski definition) is 0. The van der Waals surface area contributed by atoms with Crippen molar-refractivity contribution in [1.82, 2.24) is 4.90 Å². The second-order valence-electron chi connectivity index (χ2n) is 8.23. The fourth-order valence-corrected chi connectivity index (χ4v) is 3.09. The molecule has 0 saturated heterocycles. The van der Waals surface area contributed by atoms with Crippen molar-refractivity contribution in [3.8, 4) is 0 Å². The van der Waals surface area contributed by atoms with Gasteiger partial charge in [0.05, 0.1) is 0 Å². The summed E-state index contributed by atoms with van der Waals surface area (Å²) in [5.74, 6) is 1.38. The lowest BCUT2D eigenvalue weighted by molar-refractivity contribution is -0.127. The fraction of sp³-hybridized carbons (Fsp3) is 0.750. The monoisotopic (exact) mass is 305 g/mol. The molecule has 0 spiro atoms. The Labute approximate surface area is 137 Å². The lowest BCUT2D eigenvalue weighted by Gasteiger charge is -2.25. The molecule has 0 aromatic rings. The van der Waals surface area contributed by atoms with Crippen LogP contribution in [0.5, 0.6) is 0 Å². The predicted molar refractivity (Wildman–Crippen MR) is 95.7 cm³/mol. The van der Waals surface area contributed by atoms with E-state index in [0.29, 0.717) is 17.3 Å². The lowest BCUT2D eigenvalue weighted by atomic mass is 9.98. The molecule has 2 heteroatoms. The first kappa shape index (κ1) is 19.0. The van der Waals surface area contributed by atoms with Crippen molar-refractivity contribution >= 4 is 5.91 Å². The van der Waals surface area contributed by atoms with E-state index in [2.05, 4.69) is 45.6 Å². The average Bonchev–Trinajstić information content (AvgIpc) is 2.96. The number of carbonyl (C=O) groups excluding carboxylic acids is 1. The van der Waals surface area contributed by atoms with E-state index in [4.69, 9.17) is 0 Å². The van der Waals surface area contributed by atoms with Crippen molar-refractivity contribution in [2.45, 2.75) is 67.7 Å². The van der Waals surface area contributed by atoms with Gasteiger partial charge in [0.2, 0.25) is 5.91 Å². The molecule has 2 atom stereocenters. The van der Waals surface area contributed by atoms with E-state index < -0.39 is 0 Å². The highest BCUT2D eigenvalue weighted by atomic mass is 16.2. The zero-order valence-electron chi connectivity index (χ0n) is 15.7. The lowest BCUT2D eigenvalue weighted by Crippen LogP contribution is -2.35. The number of rotatable bonds is 8. The van der Waals surface area contributed by atoms with Gasteiger partial charge in [0, 0.05) is 19.2 Å². The largest absolute Gasteiger partial charge is 0.339 e. The first-order valence-electron chi connectivity index (χ1n) is 8.71. The Bertz CT molecular complexity index is 439. The van der Waals surface area contributed by atoms with Crippen LogP contribution in [0.4, 0.5) is 0 Å². The second kappa shape index (κ2) is 7.99. The van der Waals surface area contributed by atoms with Crippen LogP contribution in [-0.4, -0.2) is 23.9 Å². The topological polar surface area (TPSA) is 20.3 Å². The van der Waals surface area contributed by atoms with Crippen LogP contribution in [-0.2, 0) is 4.79 Å². The Hall–Kier alpha value is -1.05. The summed E-state index contributed by atoms with van der Waals surface area (Å²) in [6.45, 7) is 16.8. The van der Waals surface area contributed by atoms with Crippen LogP contribution in [0.15, 0.2) is 23.3 Å². The molecule has 0 aromatic carbocycles. The van der Waals surface area contributed by atoms with Crippen molar-refractivity contribution in [2.24, 2.45) is 17.3 Å². The summed E-state index contributed by atoms with van der Waals surface area (Å²) in [7, 11) is 0. The molecule has 1 saturated carbocycles. The van der Waals surface area contributed by atoms with E-state index in [1.165, 1.54) is 24.8 Å². The number of amides is 1. The van der Waals surface area contributed by atoms with Crippen molar-refractivity contribution in [3.63, 3.8) is 0 Å². The molecule has 126 valence electrons. The number of hydrogen-bond acceptors (Lipinski definition) is 1. The Kier molecular flexibility index (Phi) is 6.90. The molecular formula is C20H35NO. The third-order valence-electron chi connectivity index (χ3n) is 4.56. The molecule has 2 unspecified atom stereocenters. The fourth-order valence-electron chi connectivity index (χ4n) is 3.09. The molecule has 0 radical (unpaired) electrons. The summed E-state index contributed by atoms with van der Waals surface area (Å²) in [6.07, 6.45) is 7.79. The van der Waals surface area contributed by atoms with Gasteiger partial charge in [0.15, 0.2) is 0 Å². The molecule has 1 fully saturated rings. The van der Waals surface area contributed by atoms with Crippen LogP contribution in [0.2, 0.25) is 0 Å². The number of allylic oxidation sites excluding steroid dienone is 3. The van der Waals surface area contributed by atoms with Crippen molar-refractivity contribution in [1.29, 1.82) is 0 Å². The Morgan fingerprint density at radius 3 is 2.36 bits per heavy atom. The van der Waals surface area contributed by atoms with Crippen LogP contribution < -0.4 is 0 Å². The Morgan fingerprint density at radius 1 is 1.23 bits per heavy atom. The summed E-state index contributed by atoms with van der Waals surface area (Å²) in [4.78, 5) is 14.5. The maximum Gasteiger partial charge on any atom is 0.246 e. The van der Waals surface area contributed by atoms with Crippen LogP contribution in [0.1, 0.15) is 67.7 Å². The molecule has 1 aliphatic rings. The second-order valence-corrected chi connectivity index (χ2v) is 8.23. The average molecular weight is 306 g/mol. The van der Waals surface area contributed by atoms with Gasteiger partial charge in [0.1, 0.15) is 0 Å². The summed E-state index contributed by atoms with van der Waals surface area (Å²) in [6, 6.07) is 0. The smallest absolute Gasteiger partial charge is 0.246 e. The van der Waals surface area contributed by atoms with E-state index in [9.17, 15) is 4.79 Å². The van der Waals surface area contributed by atoms with Crippen molar-refractivity contribution in [3.05, 3.63) is 23.3 Å². The molecule has 1 rings (SSSR count). The number of nitrogens with zero attached hydrogens (tertiary/aromatic N) is 1. The first-order valence-corrected chi connectivity index (χ1v) is 8.71. The summed E-state index contributed by atoms with van der Waals surface area (Å²) < 4.78 is 0. The molecule has 0 heterocycles. The van der Waals surface area contributed by atoms with Gasteiger partial charge in [-0.1, -0.05) is 38.0 Å². The predicted octanol–water partition coefficient (Wildman–Crippen LogP) is 5.21. The SMILES string of the molecule is CC(C)=CCCC1(C)CC1CN(CC(C)C)C(=O)C=C(C)C. The molecule has 2 nitrogen and oxygen atoms in total. The zero-order chi connectivity index (χ0) is 16.9. The first-order chi connectivity index (χ1) is 10.1. The maximum absolute atomic E-state index is 12.4. The molecule has 1 aliphatic carbocycles. The van der Waals surface area contributed by atoms with E-state index in [1.54, 1.807) is 6.08 Å². The Balaban J connectivity index is 2.59. The van der Waals surface area contributed by atoms with Gasteiger partial charge < -0.3 is 4.90 Å². The van der Waals surface area contributed by atoms with Gasteiger partial charge in [0.25, 0.3) is 0 Å². The standard InChI is InChI=1S/C20H35NO/c1-15(2)9-8-10-20(7)12-18(20)14-21(13-17(5)6)19(22)11-16(3)4/h9,11,17-18H,8,10,12-14H2,1-7H3. The van der Waals surface area contributed by atoms with Crippen LogP contribution in [0, 0.1) is 17.3 Å². The van der Waals surface area contributed by atoms with Crippen molar-refractivity contribution in [2.75, 3.05) is 13.1 Å². The molecule has 1 amide bonds. The highest BCUT2D eigenvalue weighted by molar-refractivity contribution is 5.88. The van der Waals surface area contributed by atoms with E-state index in [1.807, 2.05) is 13.8 Å². The van der Waals surface area contributed by atoms with Crippen LogP contribution >= 0.6 is 0 Å². The van der Waals surface area contributed by atoms with Gasteiger partial charge in [-0.15, -0.1) is 0 Å². The summed E-state index contributed by atoms with van der Waals surface area (Å²) >= 11 is 0. The highest BCUT2D eigenvalue weighted by Gasteiger charge is 2.49. The van der Waals surface area contributed by atoms with Gasteiger partial charge >= 0.3 is 0 Å². The normalized spacial score (nSPS) is 23.2. The minimum atomic E-state index is 0.187. The third kappa shape index (κ3) is 6.37. The summed E-state index contributed by atoms with van der Waals surface area (Å²) in [5.41, 5.74) is 2.92. The molecular weight excluding hydrogens is 270 g/mol. The van der Waals surface area contributed by atoms with E-state index in [0.717, 1.165) is 18.7 Å². The number of carbonyl (C=O) groups is 1.